The SMILES string of the molecule is CC1=CC(C)CCCC(C)CC2=CC(=O)C=C(NC(=O)C(C)=CC=CC[CH]1)C2=O. The van der Waals surface area contributed by atoms with Crippen molar-refractivity contribution in [3.8, 4) is 0 Å². The third-order valence-corrected chi connectivity index (χ3v) is 5.28. The van der Waals surface area contributed by atoms with Crippen molar-refractivity contribution in [1.29, 1.82) is 0 Å². The first-order chi connectivity index (χ1) is 13.8. The number of fused-ring (bicyclic) bond motifs is 2. The predicted octanol–water partition coefficient (Wildman–Crippen LogP) is 4.95. The highest BCUT2D eigenvalue weighted by molar-refractivity contribution is 6.21. The molecule has 29 heavy (non-hydrogen) atoms. The molecule has 4 nitrogen and oxygen atoms in total. The lowest BCUT2D eigenvalue weighted by Gasteiger charge is -2.18. The quantitative estimate of drug-likeness (QED) is 0.591. The molecule has 0 aromatic carbocycles. The zero-order chi connectivity index (χ0) is 21.4. The summed E-state index contributed by atoms with van der Waals surface area (Å²) in [5.41, 5.74) is 2.30. The maximum Gasteiger partial charge on any atom is 0.251 e. The first-order valence-electron chi connectivity index (χ1n) is 10.4. The third kappa shape index (κ3) is 7.45. The van der Waals surface area contributed by atoms with Crippen LogP contribution in [0.1, 0.15) is 59.8 Å². The zero-order valence-corrected chi connectivity index (χ0v) is 18.0. The fraction of sp³-hybridized carbons (Fsp3) is 0.440. The Morgan fingerprint density at radius 2 is 1.79 bits per heavy atom. The summed E-state index contributed by atoms with van der Waals surface area (Å²) >= 11 is 0. The second-order valence-corrected chi connectivity index (χ2v) is 8.26. The van der Waals surface area contributed by atoms with Crippen LogP contribution in [0.2, 0.25) is 0 Å². The van der Waals surface area contributed by atoms with Gasteiger partial charge in [-0.15, -0.1) is 0 Å². The number of nitrogens with one attached hydrogen (secondary N) is 1. The van der Waals surface area contributed by atoms with Gasteiger partial charge in [0.05, 0.1) is 5.70 Å². The first kappa shape index (κ1) is 22.8. The van der Waals surface area contributed by atoms with Crippen molar-refractivity contribution >= 4 is 17.5 Å². The van der Waals surface area contributed by atoms with Gasteiger partial charge in [-0.3, -0.25) is 14.4 Å². The van der Waals surface area contributed by atoms with Crippen molar-refractivity contribution in [3.05, 3.63) is 65.3 Å². The number of ketones is 2. The van der Waals surface area contributed by atoms with E-state index in [4.69, 9.17) is 0 Å². The molecule has 0 spiro atoms. The van der Waals surface area contributed by atoms with Gasteiger partial charge in [0.15, 0.2) is 5.78 Å². The average molecular weight is 395 g/mol. The molecule has 2 aliphatic rings. The normalized spacial score (nSPS) is 25.6. The summed E-state index contributed by atoms with van der Waals surface area (Å²) < 4.78 is 0. The predicted molar refractivity (Wildman–Crippen MR) is 117 cm³/mol. The van der Waals surface area contributed by atoms with E-state index in [1.54, 1.807) is 13.0 Å². The molecule has 4 heteroatoms. The number of carbonyl (C=O) groups is 3. The summed E-state index contributed by atoms with van der Waals surface area (Å²) in [5, 5.41) is 2.61. The van der Waals surface area contributed by atoms with E-state index in [0.29, 0.717) is 29.4 Å². The lowest BCUT2D eigenvalue weighted by atomic mass is 9.88. The molecular formula is C25H32NO3. The van der Waals surface area contributed by atoms with E-state index in [1.807, 2.05) is 12.2 Å². The van der Waals surface area contributed by atoms with Gasteiger partial charge in [0.2, 0.25) is 5.78 Å². The molecular weight excluding hydrogens is 362 g/mol. The minimum absolute atomic E-state index is 0.0705. The van der Waals surface area contributed by atoms with Crippen molar-refractivity contribution in [2.45, 2.75) is 59.8 Å². The molecule has 155 valence electrons. The zero-order valence-electron chi connectivity index (χ0n) is 18.0. The minimum Gasteiger partial charge on any atom is -0.319 e. The smallest absolute Gasteiger partial charge is 0.251 e. The third-order valence-electron chi connectivity index (χ3n) is 5.28. The van der Waals surface area contributed by atoms with Crippen LogP contribution in [-0.4, -0.2) is 17.5 Å². The number of Topliss-reactive ketones (excluding diaryl/α,β-unsaturated/α-hetero) is 1. The summed E-state index contributed by atoms with van der Waals surface area (Å²) in [6, 6.07) is 0. The molecule has 0 fully saturated rings. The van der Waals surface area contributed by atoms with E-state index in [2.05, 4.69) is 38.6 Å². The second kappa shape index (κ2) is 10.9. The fourth-order valence-corrected chi connectivity index (χ4v) is 3.61. The molecule has 1 heterocycles. The molecule has 0 saturated heterocycles. The monoisotopic (exact) mass is 394 g/mol. The average Bonchev–Trinajstić information content (AvgIpc) is 2.64. The molecule has 1 N–H and O–H groups in total. The minimum atomic E-state index is -0.372. The van der Waals surface area contributed by atoms with Crippen LogP contribution in [0.25, 0.3) is 0 Å². The topological polar surface area (TPSA) is 63.2 Å². The van der Waals surface area contributed by atoms with Gasteiger partial charge in [0, 0.05) is 17.2 Å². The van der Waals surface area contributed by atoms with Crippen LogP contribution in [0, 0.1) is 18.3 Å². The standard InChI is InChI=1S/C25H32NO3/c1-17-9-6-5-7-12-20(4)25(29)26-23-16-22(27)15-21(24(23)28)14-19(3)11-8-10-18(2)13-17/h5,7,9,12-13,15-16,18-19H,6,8,10-11,14H2,1-4H3,(H,26,29). The molecule has 0 saturated carbocycles. The van der Waals surface area contributed by atoms with E-state index >= 15 is 0 Å². The Balaban J connectivity index is 2.21. The maximum atomic E-state index is 12.7. The van der Waals surface area contributed by atoms with Crippen LogP contribution < -0.4 is 5.32 Å². The van der Waals surface area contributed by atoms with Gasteiger partial charge in [-0.1, -0.05) is 56.6 Å². The fourth-order valence-electron chi connectivity index (χ4n) is 3.61. The molecule has 2 bridgehead atoms. The summed E-state index contributed by atoms with van der Waals surface area (Å²) in [7, 11) is 0. The van der Waals surface area contributed by atoms with Crippen molar-refractivity contribution in [2.24, 2.45) is 11.8 Å². The first-order valence-corrected chi connectivity index (χ1v) is 10.4. The highest BCUT2D eigenvalue weighted by atomic mass is 16.2. The summed E-state index contributed by atoms with van der Waals surface area (Å²) in [6.45, 7) is 8.14. The number of amides is 1. The largest absolute Gasteiger partial charge is 0.319 e. The molecule has 0 aromatic heterocycles. The summed E-state index contributed by atoms with van der Waals surface area (Å²) in [4.78, 5) is 37.2. The Labute approximate surface area is 174 Å². The van der Waals surface area contributed by atoms with Gasteiger partial charge < -0.3 is 5.32 Å². The van der Waals surface area contributed by atoms with Crippen LogP contribution in [0.15, 0.2) is 58.9 Å². The number of hydrogen-bond donors (Lipinski definition) is 1. The van der Waals surface area contributed by atoms with Crippen LogP contribution in [0.5, 0.6) is 0 Å². The highest BCUT2D eigenvalue weighted by Crippen LogP contribution is 2.24. The van der Waals surface area contributed by atoms with Gasteiger partial charge in [-0.25, -0.2) is 0 Å². The van der Waals surface area contributed by atoms with Crippen molar-refractivity contribution in [3.63, 3.8) is 0 Å². The second-order valence-electron chi connectivity index (χ2n) is 8.26. The van der Waals surface area contributed by atoms with Gasteiger partial charge in [0.1, 0.15) is 0 Å². The van der Waals surface area contributed by atoms with Gasteiger partial charge in [0.25, 0.3) is 5.91 Å². The molecule has 2 unspecified atom stereocenters. The van der Waals surface area contributed by atoms with Crippen molar-refractivity contribution < 1.29 is 14.4 Å². The Morgan fingerprint density at radius 1 is 1.03 bits per heavy atom. The number of allylic oxidation sites excluding steroid dienone is 8. The molecule has 2 rings (SSSR count). The van der Waals surface area contributed by atoms with Crippen LogP contribution in [0.3, 0.4) is 0 Å². The van der Waals surface area contributed by atoms with E-state index in [1.165, 1.54) is 17.7 Å². The van der Waals surface area contributed by atoms with Crippen LogP contribution in [0.4, 0.5) is 0 Å². The summed E-state index contributed by atoms with van der Waals surface area (Å²) in [5.74, 6) is -0.0834. The Bertz CT molecular complexity index is 808. The van der Waals surface area contributed by atoms with Crippen LogP contribution >= 0.6 is 0 Å². The Morgan fingerprint density at radius 3 is 2.55 bits per heavy atom. The van der Waals surface area contributed by atoms with Crippen LogP contribution in [-0.2, 0) is 14.4 Å². The maximum absolute atomic E-state index is 12.7. The van der Waals surface area contributed by atoms with Gasteiger partial charge in [-0.2, -0.15) is 0 Å². The molecule has 1 radical (unpaired) electrons. The molecule has 1 aliphatic heterocycles. The number of rotatable bonds is 0. The molecule has 2 atom stereocenters. The Hall–Kier alpha value is -2.49. The van der Waals surface area contributed by atoms with E-state index in [-0.39, 0.29) is 23.2 Å². The van der Waals surface area contributed by atoms with E-state index in [0.717, 1.165) is 25.7 Å². The molecule has 1 amide bonds. The molecule has 1 aliphatic carbocycles. The lowest BCUT2D eigenvalue weighted by molar-refractivity contribution is -0.120. The van der Waals surface area contributed by atoms with E-state index < -0.39 is 0 Å². The number of carbonyl (C=O) groups excluding carboxylic acids is 3. The highest BCUT2D eigenvalue weighted by Gasteiger charge is 2.24. The van der Waals surface area contributed by atoms with Gasteiger partial charge in [-0.05, 0) is 57.4 Å². The number of hydrogen-bond acceptors (Lipinski definition) is 3. The van der Waals surface area contributed by atoms with Gasteiger partial charge >= 0.3 is 0 Å². The Kier molecular flexibility index (Phi) is 8.56. The van der Waals surface area contributed by atoms with E-state index in [9.17, 15) is 14.4 Å². The summed E-state index contributed by atoms with van der Waals surface area (Å²) in [6.07, 6.45) is 17.2. The van der Waals surface area contributed by atoms with Crippen molar-refractivity contribution in [2.75, 3.05) is 0 Å². The lowest BCUT2D eigenvalue weighted by Crippen LogP contribution is -2.31. The van der Waals surface area contributed by atoms with Crippen molar-refractivity contribution in [1.82, 2.24) is 5.32 Å². The molecule has 0 aromatic rings.